The Morgan fingerprint density at radius 2 is 1.65 bits per heavy atom. The molecule has 2 rings (SSSR count). The molecule has 3 nitrogen and oxygen atoms in total. The van der Waals surface area contributed by atoms with Crippen LogP contribution in [0.25, 0.3) is 11.4 Å². The molecular formula is C14H16N2O. The lowest BCUT2D eigenvalue weighted by Crippen LogP contribution is -1.93. The maximum Gasteiger partial charge on any atom is 0.159 e. The van der Waals surface area contributed by atoms with E-state index in [0.29, 0.717) is 6.61 Å². The first kappa shape index (κ1) is 11.6. The van der Waals surface area contributed by atoms with Crippen LogP contribution < -0.4 is 4.74 Å². The Morgan fingerprint density at radius 1 is 1.00 bits per heavy atom. The molecule has 17 heavy (non-hydrogen) atoms. The zero-order valence-corrected chi connectivity index (χ0v) is 10.2. The molecule has 0 saturated carbocycles. The third-order valence-corrected chi connectivity index (χ3v) is 2.54. The van der Waals surface area contributed by atoms with Gasteiger partial charge in [-0.05, 0) is 43.2 Å². The van der Waals surface area contributed by atoms with Gasteiger partial charge in [-0.1, -0.05) is 6.92 Å². The Morgan fingerprint density at radius 3 is 2.18 bits per heavy atom. The molecule has 0 aliphatic heterocycles. The first-order valence-corrected chi connectivity index (χ1v) is 5.87. The molecule has 0 bridgehead atoms. The largest absolute Gasteiger partial charge is 0.494 e. The lowest BCUT2D eigenvalue weighted by Gasteiger charge is -2.04. The molecule has 0 unspecified atom stereocenters. The van der Waals surface area contributed by atoms with Gasteiger partial charge >= 0.3 is 0 Å². The minimum absolute atomic E-state index is 0.682. The number of hydrogen-bond donors (Lipinski definition) is 0. The normalized spacial score (nSPS) is 10.2. The van der Waals surface area contributed by atoms with E-state index < -0.39 is 0 Å². The van der Waals surface area contributed by atoms with Crippen molar-refractivity contribution < 1.29 is 4.74 Å². The molecule has 0 aliphatic carbocycles. The Balaban J connectivity index is 2.20. The molecule has 3 heteroatoms. The van der Waals surface area contributed by atoms with Crippen molar-refractivity contribution in [3.8, 4) is 17.1 Å². The highest BCUT2D eigenvalue weighted by atomic mass is 16.5. The van der Waals surface area contributed by atoms with Crippen LogP contribution in [0.4, 0.5) is 0 Å². The Labute approximate surface area is 102 Å². The second kappa shape index (κ2) is 5.43. The summed E-state index contributed by atoms with van der Waals surface area (Å²) < 4.78 is 5.39. The fourth-order valence-corrected chi connectivity index (χ4v) is 1.55. The quantitative estimate of drug-likeness (QED) is 0.806. The fraction of sp³-hybridized carbons (Fsp3) is 0.286. The summed E-state index contributed by atoms with van der Waals surface area (Å²) in [5.74, 6) is 1.63. The van der Waals surface area contributed by atoms with Gasteiger partial charge in [0.1, 0.15) is 5.75 Å². The molecule has 1 heterocycles. The number of benzene rings is 1. The summed E-state index contributed by atoms with van der Waals surface area (Å²) in [6, 6.07) is 7.84. The zero-order valence-electron chi connectivity index (χ0n) is 10.2. The average molecular weight is 228 g/mol. The molecule has 0 spiro atoms. The lowest BCUT2D eigenvalue weighted by atomic mass is 10.2. The summed E-state index contributed by atoms with van der Waals surface area (Å²) >= 11 is 0. The van der Waals surface area contributed by atoms with Gasteiger partial charge in [-0.25, -0.2) is 9.97 Å². The van der Waals surface area contributed by atoms with Gasteiger partial charge in [-0.3, -0.25) is 0 Å². The van der Waals surface area contributed by atoms with Crippen molar-refractivity contribution in [1.82, 2.24) is 9.97 Å². The van der Waals surface area contributed by atoms with Crippen LogP contribution in [0, 0.1) is 0 Å². The van der Waals surface area contributed by atoms with E-state index >= 15 is 0 Å². The van der Waals surface area contributed by atoms with Crippen molar-refractivity contribution in [3.63, 3.8) is 0 Å². The van der Waals surface area contributed by atoms with Gasteiger partial charge in [0.25, 0.3) is 0 Å². The maximum atomic E-state index is 5.39. The molecule has 0 saturated heterocycles. The Kier molecular flexibility index (Phi) is 3.70. The topological polar surface area (TPSA) is 35.0 Å². The van der Waals surface area contributed by atoms with E-state index in [1.165, 1.54) is 0 Å². The lowest BCUT2D eigenvalue weighted by molar-refractivity contribution is 0.340. The highest BCUT2D eigenvalue weighted by molar-refractivity contribution is 5.55. The third kappa shape index (κ3) is 2.81. The predicted molar refractivity (Wildman–Crippen MR) is 68.0 cm³/mol. The summed E-state index contributed by atoms with van der Waals surface area (Å²) in [5.41, 5.74) is 2.16. The Hall–Kier alpha value is -1.90. The summed E-state index contributed by atoms with van der Waals surface area (Å²) in [6.07, 6.45) is 4.71. The molecule has 2 aromatic rings. The van der Waals surface area contributed by atoms with Gasteiger partial charge < -0.3 is 4.74 Å². The number of hydrogen-bond acceptors (Lipinski definition) is 3. The van der Waals surface area contributed by atoms with Crippen LogP contribution in [0.1, 0.15) is 19.4 Å². The molecule has 88 valence electrons. The molecular weight excluding hydrogens is 212 g/mol. The number of aromatic nitrogens is 2. The fourth-order valence-electron chi connectivity index (χ4n) is 1.55. The van der Waals surface area contributed by atoms with Crippen molar-refractivity contribution in [2.45, 2.75) is 20.3 Å². The number of rotatable bonds is 4. The van der Waals surface area contributed by atoms with Gasteiger partial charge in [0, 0.05) is 18.0 Å². The maximum absolute atomic E-state index is 5.39. The second-order valence-corrected chi connectivity index (χ2v) is 3.73. The van der Waals surface area contributed by atoms with Crippen molar-refractivity contribution in [2.75, 3.05) is 6.61 Å². The monoisotopic (exact) mass is 228 g/mol. The van der Waals surface area contributed by atoms with Crippen LogP contribution in [0.2, 0.25) is 0 Å². The van der Waals surface area contributed by atoms with Crippen LogP contribution >= 0.6 is 0 Å². The van der Waals surface area contributed by atoms with Crippen LogP contribution in [0.5, 0.6) is 5.75 Å². The van der Waals surface area contributed by atoms with Crippen molar-refractivity contribution in [1.29, 1.82) is 0 Å². The zero-order chi connectivity index (χ0) is 12.1. The van der Waals surface area contributed by atoms with Gasteiger partial charge in [-0.2, -0.15) is 0 Å². The summed E-state index contributed by atoms with van der Waals surface area (Å²) in [4.78, 5) is 8.69. The molecule has 0 fully saturated rings. The molecule has 1 aromatic heterocycles. The van der Waals surface area contributed by atoms with E-state index in [2.05, 4.69) is 16.9 Å². The van der Waals surface area contributed by atoms with E-state index in [4.69, 9.17) is 4.74 Å². The summed E-state index contributed by atoms with van der Waals surface area (Å²) in [6.45, 7) is 4.75. The number of aryl methyl sites for hydroxylation is 1. The molecule has 0 aliphatic rings. The summed E-state index contributed by atoms with van der Waals surface area (Å²) in [7, 11) is 0. The highest BCUT2D eigenvalue weighted by Gasteiger charge is 2.01. The van der Waals surface area contributed by atoms with Crippen LogP contribution in [0.15, 0.2) is 36.7 Å². The molecule has 0 N–H and O–H groups in total. The standard InChI is InChI=1S/C14H16N2O/c1-3-11-9-15-14(16-10-11)12-5-7-13(8-6-12)17-4-2/h5-10H,3-4H2,1-2H3. The number of ether oxygens (including phenoxy) is 1. The predicted octanol–water partition coefficient (Wildman–Crippen LogP) is 3.10. The second-order valence-electron chi connectivity index (χ2n) is 3.73. The van der Waals surface area contributed by atoms with Crippen molar-refractivity contribution >= 4 is 0 Å². The van der Waals surface area contributed by atoms with Crippen LogP contribution in [0.3, 0.4) is 0 Å². The van der Waals surface area contributed by atoms with E-state index in [0.717, 1.165) is 29.1 Å². The van der Waals surface area contributed by atoms with Crippen LogP contribution in [-0.4, -0.2) is 16.6 Å². The molecule has 0 atom stereocenters. The van der Waals surface area contributed by atoms with Gasteiger partial charge in [-0.15, -0.1) is 0 Å². The smallest absolute Gasteiger partial charge is 0.159 e. The number of nitrogens with zero attached hydrogens (tertiary/aromatic N) is 2. The van der Waals surface area contributed by atoms with E-state index in [1.807, 2.05) is 43.6 Å². The summed E-state index contributed by atoms with van der Waals surface area (Å²) in [5, 5.41) is 0. The first-order chi connectivity index (χ1) is 8.33. The minimum atomic E-state index is 0.682. The first-order valence-electron chi connectivity index (χ1n) is 5.87. The van der Waals surface area contributed by atoms with Gasteiger partial charge in [0.2, 0.25) is 0 Å². The molecule has 0 radical (unpaired) electrons. The van der Waals surface area contributed by atoms with Crippen molar-refractivity contribution in [3.05, 3.63) is 42.2 Å². The highest BCUT2D eigenvalue weighted by Crippen LogP contribution is 2.19. The molecule has 0 amide bonds. The third-order valence-electron chi connectivity index (χ3n) is 2.54. The van der Waals surface area contributed by atoms with Gasteiger partial charge in [0.15, 0.2) is 5.82 Å². The Bertz CT molecular complexity index is 463. The van der Waals surface area contributed by atoms with E-state index in [-0.39, 0.29) is 0 Å². The minimum Gasteiger partial charge on any atom is -0.494 e. The van der Waals surface area contributed by atoms with Crippen LogP contribution in [-0.2, 0) is 6.42 Å². The SMILES string of the molecule is CCOc1ccc(-c2ncc(CC)cn2)cc1. The van der Waals surface area contributed by atoms with E-state index in [9.17, 15) is 0 Å². The van der Waals surface area contributed by atoms with E-state index in [1.54, 1.807) is 0 Å². The average Bonchev–Trinajstić information content (AvgIpc) is 2.40. The van der Waals surface area contributed by atoms with Crippen molar-refractivity contribution in [2.24, 2.45) is 0 Å². The van der Waals surface area contributed by atoms with Gasteiger partial charge in [0.05, 0.1) is 6.61 Å². The molecule has 1 aromatic carbocycles.